The molecule has 0 amide bonds. The van der Waals surface area contributed by atoms with Gasteiger partial charge in [0.05, 0.1) is 0 Å². The molecule has 4 fully saturated rings. The lowest BCUT2D eigenvalue weighted by Gasteiger charge is -2.64. The van der Waals surface area contributed by atoms with Crippen LogP contribution in [0.15, 0.2) is 0 Å². The van der Waals surface area contributed by atoms with Crippen LogP contribution in [0.4, 0.5) is 0 Å². The fourth-order valence-electron chi connectivity index (χ4n) is 8.90. The lowest BCUT2D eigenvalue weighted by Crippen LogP contribution is -2.64. The molecular formula is C27H40O7. The average molecular weight is 477 g/mol. The third kappa shape index (κ3) is 4.17. The summed E-state index contributed by atoms with van der Waals surface area (Å²) in [6.45, 7) is 10.5. The monoisotopic (exact) mass is 476 g/mol. The molecule has 10 atom stereocenters. The number of carbonyl (C=O) groups is 4. The first kappa shape index (κ1) is 25.2. The van der Waals surface area contributed by atoms with Crippen LogP contribution >= 0.6 is 0 Å². The summed E-state index contributed by atoms with van der Waals surface area (Å²) in [6, 6.07) is 0. The van der Waals surface area contributed by atoms with Gasteiger partial charge in [-0.05, 0) is 74.5 Å². The minimum atomic E-state index is -0.333. The Morgan fingerprint density at radius 1 is 0.735 bits per heavy atom. The van der Waals surface area contributed by atoms with E-state index in [1.807, 2.05) is 0 Å². The van der Waals surface area contributed by atoms with Crippen molar-refractivity contribution in [1.29, 1.82) is 0 Å². The van der Waals surface area contributed by atoms with Crippen molar-refractivity contribution in [3.8, 4) is 0 Å². The lowest BCUT2D eigenvalue weighted by molar-refractivity contribution is -0.229. The van der Waals surface area contributed by atoms with Crippen LogP contribution in [0, 0.1) is 40.4 Å². The Labute approximate surface area is 202 Å². The van der Waals surface area contributed by atoms with Crippen LogP contribution in [0.1, 0.15) is 86.5 Å². The highest BCUT2D eigenvalue weighted by molar-refractivity contribution is 5.79. The van der Waals surface area contributed by atoms with Gasteiger partial charge in [0, 0.05) is 38.5 Å². The van der Waals surface area contributed by atoms with Gasteiger partial charge >= 0.3 is 17.9 Å². The molecule has 0 heterocycles. The molecule has 0 N–H and O–H groups in total. The van der Waals surface area contributed by atoms with Gasteiger partial charge in [-0.3, -0.25) is 19.2 Å². The highest BCUT2D eigenvalue weighted by Gasteiger charge is 2.67. The second-order valence-electron chi connectivity index (χ2n) is 11.9. The van der Waals surface area contributed by atoms with Gasteiger partial charge in [-0.15, -0.1) is 0 Å². The van der Waals surface area contributed by atoms with Crippen LogP contribution in [0.3, 0.4) is 0 Å². The van der Waals surface area contributed by atoms with Gasteiger partial charge in [-0.25, -0.2) is 0 Å². The Kier molecular flexibility index (Phi) is 6.62. The predicted molar refractivity (Wildman–Crippen MR) is 123 cm³/mol. The molecule has 190 valence electrons. The standard InChI is InChI=1S/C27H40O7/c1-14(28)20-7-8-21-24-22(33-16(3)30)12-18-11-19(32-15(2)29)9-10-26(18,5)25(24)23(34-17(4)31)13-27(20,21)6/h18-25H,7-13H2,1-6H3. The Hall–Kier alpha value is -1.92. The van der Waals surface area contributed by atoms with E-state index in [1.165, 1.54) is 20.8 Å². The highest BCUT2D eigenvalue weighted by Crippen LogP contribution is 2.68. The van der Waals surface area contributed by atoms with E-state index < -0.39 is 0 Å². The van der Waals surface area contributed by atoms with Crippen LogP contribution in [0.5, 0.6) is 0 Å². The van der Waals surface area contributed by atoms with Crippen molar-refractivity contribution in [3.05, 3.63) is 0 Å². The molecule has 0 aromatic rings. The normalized spacial score (nSPS) is 45.2. The number of hydrogen-bond acceptors (Lipinski definition) is 7. The van der Waals surface area contributed by atoms with E-state index in [9.17, 15) is 19.2 Å². The molecule has 0 bridgehead atoms. The molecule has 0 radical (unpaired) electrons. The largest absolute Gasteiger partial charge is 0.463 e. The van der Waals surface area contributed by atoms with Crippen molar-refractivity contribution in [2.24, 2.45) is 40.4 Å². The molecule has 4 saturated carbocycles. The molecule has 10 unspecified atom stereocenters. The number of Topliss-reactive ketones (excluding diaryl/α,β-unsaturated/α-hetero) is 1. The van der Waals surface area contributed by atoms with Gasteiger partial charge in [-0.2, -0.15) is 0 Å². The zero-order chi connectivity index (χ0) is 25.0. The summed E-state index contributed by atoms with van der Waals surface area (Å²) in [5, 5.41) is 0. The van der Waals surface area contributed by atoms with E-state index in [2.05, 4.69) is 13.8 Å². The van der Waals surface area contributed by atoms with E-state index in [0.717, 1.165) is 32.1 Å². The molecule has 0 aliphatic heterocycles. The molecule has 0 spiro atoms. The third-order valence-corrected chi connectivity index (χ3v) is 9.98. The fourth-order valence-corrected chi connectivity index (χ4v) is 8.90. The maximum absolute atomic E-state index is 12.6. The topological polar surface area (TPSA) is 96.0 Å². The van der Waals surface area contributed by atoms with Crippen LogP contribution < -0.4 is 0 Å². The number of rotatable bonds is 4. The molecule has 7 nitrogen and oxygen atoms in total. The average Bonchev–Trinajstić information content (AvgIpc) is 3.04. The number of hydrogen-bond donors (Lipinski definition) is 0. The molecular weight excluding hydrogens is 436 g/mol. The molecule has 0 saturated heterocycles. The van der Waals surface area contributed by atoms with E-state index in [0.29, 0.717) is 12.8 Å². The van der Waals surface area contributed by atoms with Crippen LogP contribution in [0.2, 0.25) is 0 Å². The van der Waals surface area contributed by atoms with Gasteiger partial charge in [0.2, 0.25) is 0 Å². The first-order valence-electron chi connectivity index (χ1n) is 12.9. The summed E-state index contributed by atoms with van der Waals surface area (Å²) in [6.07, 6.45) is 4.70. The molecule has 7 heteroatoms. The second kappa shape index (κ2) is 8.94. The smallest absolute Gasteiger partial charge is 0.302 e. The van der Waals surface area contributed by atoms with Crippen molar-refractivity contribution in [2.75, 3.05) is 0 Å². The van der Waals surface area contributed by atoms with Gasteiger partial charge in [0.1, 0.15) is 24.1 Å². The summed E-state index contributed by atoms with van der Waals surface area (Å²) in [4.78, 5) is 48.7. The van der Waals surface area contributed by atoms with Gasteiger partial charge in [0.25, 0.3) is 0 Å². The highest BCUT2D eigenvalue weighted by atomic mass is 16.6. The maximum Gasteiger partial charge on any atom is 0.302 e. The van der Waals surface area contributed by atoms with Crippen LogP contribution in [-0.4, -0.2) is 42.0 Å². The SMILES string of the molecule is CC(=O)OC1CCC2(C)C(C1)CC(OC(C)=O)C1C3CCC(C(C)=O)C3(C)CC(OC(C)=O)C12. The molecule has 4 aliphatic rings. The molecule has 34 heavy (non-hydrogen) atoms. The van der Waals surface area contributed by atoms with Gasteiger partial charge in [0.15, 0.2) is 0 Å². The second-order valence-corrected chi connectivity index (χ2v) is 11.9. The summed E-state index contributed by atoms with van der Waals surface area (Å²) in [5.74, 6) is -0.301. The lowest BCUT2D eigenvalue weighted by atomic mass is 9.43. The Balaban J connectivity index is 1.77. The van der Waals surface area contributed by atoms with E-state index in [4.69, 9.17) is 14.2 Å². The summed E-state index contributed by atoms with van der Waals surface area (Å²) in [7, 11) is 0. The maximum atomic E-state index is 12.6. The minimum absolute atomic E-state index is 0.0292. The van der Waals surface area contributed by atoms with E-state index >= 15 is 0 Å². The van der Waals surface area contributed by atoms with Crippen molar-refractivity contribution in [1.82, 2.24) is 0 Å². The zero-order valence-electron chi connectivity index (χ0n) is 21.4. The number of ether oxygens (including phenoxy) is 3. The number of esters is 3. The van der Waals surface area contributed by atoms with Crippen molar-refractivity contribution >= 4 is 23.7 Å². The summed E-state index contributed by atoms with van der Waals surface area (Å²) < 4.78 is 17.6. The number of ketones is 1. The van der Waals surface area contributed by atoms with E-state index in [1.54, 1.807) is 6.92 Å². The minimum Gasteiger partial charge on any atom is -0.463 e. The number of carbonyl (C=O) groups excluding carboxylic acids is 4. The van der Waals surface area contributed by atoms with Crippen molar-refractivity contribution < 1.29 is 33.4 Å². The molecule has 4 rings (SSSR count). The van der Waals surface area contributed by atoms with Crippen LogP contribution in [0.25, 0.3) is 0 Å². The summed E-state index contributed by atoms with van der Waals surface area (Å²) in [5.41, 5.74) is -0.419. The van der Waals surface area contributed by atoms with Crippen LogP contribution in [-0.2, 0) is 33.4 Å². The first-order valence-corrected chi connectivity index (χ1v) is 12.9. The fraction of sp³-hybridized carbons (Fsp3) is 0.852. The third-order valence-electron chi connectivity index (χ3n) is 9.98. The molecule has 0 aromatic carbocycles. The molecule has 4 aliphatic carbocycles. The molecule has 0 aromatic heterocycles. The Bertz CT molecular complexity index is 867. The zero-order valence-corrected chi connectivity index (χ0v) is 21.4. The Morgan fingerprint density at radius 3 is 1.94 bits per heavy atom. The summed E-state index contributed by atoms with van der Waals surface area (Å²) >= 11 is 0. The van der Waals surface area contributed by atoms with E-state index in [-0.39, 0.29) is 82.4 Å². The Morgan fingerprint density at radius 2 is 1.35 bits per heavy atom. The van der Waals surface area contributed by atoms with Crippen molar-refractivity contribution in [2.45, 2.75) is 105 Å². The predicted octanol–water partition coefficient (Wildman–Crippen LogP) is 4.25. The first-order chi connectivity index (χ1) is 15.9. The number of fused-ring (bicyclic) bond motifs is 5. The quantitative estimate of drug-likeness (QED) is 0.442. The van der Waals surface area contributed by atoms with Gasteiger partial charge < -0.3 is 14.2 Å². The van der Waals surface area contributed by atoms with Gasteiger partial charge in [-0.1, -0.05) is 13.8 Å². The van der Waals surface area contributed by atoms with Crippen molar-refractivity contribution in [3.63, 3.8) is 0 Å².